The van der Waals surface area contributed by atoms with Gasteiger partial charge < -0.3 is 5.73 Å². The van der Waals surface area contributed by atoms with E-state index in [9.17, 15) is 8.42 Å². The van der Waals surface area contributed by atoms with Gasteiger partial charge in [-0.25, -0.2) is 8.42 Å². The summed E-state index contributed by atoms with van der Waals surface area (Å²) in [5, 5.41) is 3.78. The molecule has 108 valence electrons. The van der Waals surface area contributed by atoms with Crippen molar-refractivity contribution in [1.82, 2.24) is 29.5 Å². The molecule has 0 unspecified atom stereocenters. The van der Waals surface area contributed by atoms with Gasteiger partial charge in [0.2, 0.25) is 15.8 Å². The Morgan fingerprint density at radius 2 is 1.95 bits per heavy atom. The average molecular weight is 305 g/mol. The third-order valence-corrected chi connectivity index (χ3v) is 3.56. The van der Waals surface area contributed by atoms with E-state index in [-0.39, 0.29) is 16.9 Å². The van der Waals surface area contributed by atoms with Crippen molar-refractivity contribution in [2.24, 2.45) is 0 Å². The molecule has 21 heavy (non-hydrogen) atoms. The largest absolute Gasteiger partial charge is 0.368 e. The van der Waals surface area contributed by atoms with Crippen molar-refractivity contribution in [3.05, 3.63) is 24.0 Å². The number of nitrogens with zero attached hydrogens (tertiary/aromatic N) is 6. The van der Waals surface area contributed by atoms with E-state index in [1.807, 2.05) is 13.0 Å². The van der Waals surface area contributed by atoms with Gasteiger partial charge in [-0.2, -0.15) is 19.5 Å². The summed E-state index contributed by atoms with van der Waals surface area (Å²) in [6.45, 7) is 1.86. The molecule has 0 saturated heterocycles. The van der Waals surface area contributed by atoms with Gasteiger partial charge in [-0.1, -0.05) is 0 Å². The summed E-state index contributed by atoms with van der Waals surface area (Å²) in [5.74, 6) is 0.312. The summed E-state index contributed by atoms with van der Waals surface area (Å²) in [5.41, 5.74) is 7.23. The summed E-state index contributed by atoms with van der Waals surface area (Å²) >= 11 is 0. The predicted molar refractivity (Wildman–Crippen MR) is 74.1 cm³/mol. The topological polar surface area (TPSA) is 129 Å². The minimum atomic E-state index is -3.57. The van der Waals surface area contributed by atoms with Crippen LogP contribution < -0.4 is 5.73 Å². The Balaban J connectivity index is 2.20. The Morgan fingerprint density at radius 1 is 1.19 bits per heavy atom. The molecule has 3 aromatic heterocycles. The highest BCUT2D eigenvalue weighted by Crippen LogP contribution is 2.16. The van der Waals surface area contributed by atoms with E-state index in [0.29, 0.717) is 11.4 Å². The number of fused-ring (bicyclic) bond motifs is 1. The van der Waals surface area contributed by atoms with Crippen molar-refractivity contribution in [2.75, 3.05) is 12.0 Å². The molecule has 0 aromatic carbocycles. The van der Waals surface area contributed by atoms with Crippen molar-refractivity contribution < 1.29 is 8.42 Å². The zero-order valence-electron chi connectivity index (χ0n) is 11.2. The lowest BCUT2D eigenvalue weighted by atomic mass is 10.2. The zero-order chi connectivity index (χ0) is 15.2. The Bertz CT molecular complexity index is 931. The molecule has 0 bridgehead atoms. The molecule has 10 heteroatoms. The molecule has 0 amide bonds. The molecule has 0 aliphatic heterocycles. The van der Waals surface area contributed by atoms with Crippen molar-refractivity contribution in [2.45, 2.75) is 12.1 Å². The van der Waals surface area contributed by atoms with Gasteiger partial charge in [0.05, 0.1) is 0 Å². The monoisotopic (exact) mass is 305 g/mol. The fraction of sp³-hybridized carbons (Fsp3) is 0.182. The van der Waals surface area contributed by atoms with Crippen LogP contribution in [0.4, 0.5) is 5.95 Å². The number of nitrogens with two attached hydrogens (primary N) is 1. The number of rotatable bonds is 2. The maximum Gasteiger partial charge on any atom is 0.258 e. The van der Waals surface area contributed by atoms with Gasteiger partial charge in [-0.15, -0.1) is 5.10 Å². The first-order valence-electron chi connectivity index (χ1n) is 5.88. The SMILES string of the molecule is Cc1ccc(-c2nc3nc(S(C)(=O)=O)nc(N)n3n2)cn1. The normalized spacial score (nSPS) is 11.9. The van der Waals surface area contributed by atoms with Gasteiger partial charge in [-0.3, -0.25) is 4.98 Å². The third kappa shape index (κ3) is 2.40. The minimum Gasteiger partial charge on any atom is -0.368 e. The van der Waals surface area contributed by atoms with Crippen LogP contribution in [0.15, 0.2) is 23.5 Å². The van der Waals surface area contributed by atoms with Crippen LogP contribution >= 0.6 is 0 Å². The highest BCUT2D eigenvalue weighted by atomic mass is 32.2. The number of nitrogen functional groups attached to an aromatic ring is 1. The number of aryl methyl sites for hydroxylation is 1. The number of sulfone groups is 1. The fourth-order valence-electron chi connectivity index (χ4n) is 1.67. The molecule has 0 saturated carbocycles. The molecule has 0 atom stereocenters. The molecule has 3 rings (SSSR count). The highest BCUT2D eigenvalue weighted by molar-refractivity contribution is 7.90. The molecule has 9 nitrogen and oxygen atoms in total. The lowest BCUT2D eigenvalue weighted by Crippen LogP contribution is -2.11. The van der Waals surface area contributed by atoms with Crippen LogP contribution in [0.25, 0.3) is 17.2 Å². The van der Waals surface area contributed by atoms with E-state index < -0.39 is 9.84 Å². The van der Waals surface area contributed by atoms with Gasteiger partial charge in [0.25, 0.3) is 10.9 Å². The van der Waals surface area contributed by atoms with E-state index in [1.165, 1.54) is 4.52 Å². The molecule has 0 spiro atoms. The number of hydrogen-bond acceptors (Lipinski definition) is 8. The number of anilines is 1. The quantitative estimate of drug-likeness (QED) is 0.693. The second-order valence-electron chi connectivity index (χ2n) is 4.47. The zero-order valence-corrected chi connectivity index (χ0v) is 12.0. The average Bonchev–Trinajstić information content (AvgIpc) is 2.83. The van der Waals surface area contributed by atoms with Crippen LogP contribution in [0.1, 0.15) is 5.69 Å². The van der Waals surface area contributed by atoms with Crippen LogP contribution in [-0.2, 0) is 9.84 Å². The molecule has 0 radical (unpaired) electrons. The molecule has 2 N–H and O–H groups in total. The van der Waals surface area contributed by atoms with Crippen molar-refractivity contribution in [3.63, 3.8) is 0 Å². The molecule has 0 fully saturated rings. The molecule has 0 aliphatic rings. The van der Waals surface area contributed by atoms with Crippen LogP contribution in [-0.4, -0.2) is 44.2 Å². The van der Waals surface area contributed by atoms with Gasteiger partial charge in [-0.05, 0) is 19.1 Å². The van der Waals surface area contributed by atoms with E-state index in [4.69, 9.17) is 5.73 Å². The summed E-state index contributed by atoms with van der Waals surface area (Å²) in [4.78, 5) is 15.9. The van der Waals surface area contributed by atoms with E-state index in [2.05, 4.69) is 25.0 Å². The van der Waals surface area contributed by atoms with Gasteiger partial charge in [0.1, 0.15) is 0 Å². The Hall–Kier alpha value is -2.62. The Labute approximate surface area is 119 Å². The van der Waals surface area contributed by atoms with Gasteiger partial charge >= 0.3 is 0 Å². The maximum atomic E-state index is 11.5. The summed E-state index contributed by atoms with van der Waals surface area (Å²) in [6, 6.07) is 3.62. The number of aromatic nitrogens is 6. The summed E-state index contributed by atoms with van der Waals surface area (Å²) in [6.07, 6.45) is 2.62. The Kier molecular flexibility index (Phi) is 2.83. The first-order valence-corrected chi connectivity index (χ1v) is 7.77. The van der Waals surface area contributed by atoms with Crippen molar-refractivity contribution in [3.8, 4) is 11.4 Å². The second-order valence-corrected chi connectivity index (χ2v) is 6.38. The van der Waals surface area contributed by atoms with E-state index in [0.717, 1.165) is 11.9 Å². The van der Waals surface area contributed by atoms with Gasteiger partial charge in [0, 0.05) is 23.7 Å². The lowest BCUT2D eigenvalue weighted by molar-refractivity contribution is 0.592. The van der Waals surface area contributed by atoms with Crippen molar-refractivity contribution >= 4 is 21.6 Å². The number of hydrogen-bond donors (Lipinski definition) is 1. The Morgan fingerprint density at radius 3 is 2.57 bits per heavy atom. The smallest absolute Gasteiger partial charge is 0.258 e. The summed E-state index contributed by atoms with van der Waals surface area (Å²) in [7, 11) is -3.57. The molecule has 3 aromatic rings. The van der Waals surface area contributed by atoms with E-state index >= 15 is 0 Å². The van der Waals surface area contributed by atoms with Gasteiger partial charge in [0.15, 0.2) is 5.82 Å². The molecule has 3 heterocycles. The minimum absolute atomic E-state index is 0.0681. The lowest BCUT2D eigenvalue weighted by Gasteiger charge is -1.99. The predicted octanol–water partition coefficient (Wildman–Crippen LogP) is -0.125. The number of pyridine rings is 1. The standard InChI is InChI=1S/C11H11N7O2S/c1-6-3-4-7(5-13-6)8-14-10-16-11(21(2,19)20)15-9(12)18(10)17-8/h3-5H,1-2H3,(H2,12,14,15,16,17). The van der Waals surface area contributed by atoms with Crippen LogP contribution in [0.2, 0.25) is 0 Å². The molecular weight excluding hydrogens is 294 g/mol. The molecule has 0 aliphatic carbocycles. The summed E-state index contributed by atoms with van der Waals surface area (Å²) < 4.78 is 24.2. The first kappa shape index (κ1) is 13.4. The van der Waals surface area contributed by atoms with E-state index in [1.54, 1.807) is 12.3 Å². The second kappa shape index (κ2) is 4.45. The molecular formula is C11H11N7O2S. The van der Waals surface area contributed by atoms with Crippen LogP contribution in [0, 0.1) is 6.92 Å². The maximum absolute atomic E-state index is 11.5. The first-order chi connectivity index (χ1) is 9.84. The van der Waals surface area contributed by atoms with Crippen LogP contribution in [0.3, 0.4) is 0 Å². The fourth-order valence-corrected chi connectivity index (χ4v) is 2.18. The third-order valence-electron chi connectivity index (χ3n) is 2.71. The highest BCUT2D eigenvalue weighted by Gasteiger charge is 2.17. The van der Waals surface area contributed by atoms with Crippen LogP contribution in [0.5, 0.6) is 0 Å². The van der Waals surface area contributed by atoms with Crippen molar-refractivity contribution in [1.29, 1.82) is 0 Å².